The van der Waals surface area contributed by atoms with Gasteiger partial charge in [0.2, 0.25) is 0 Å². The smallest absolute Gasteiger partial charge is 0.319 e. The number of anilines is 1. The lowest BCUT2D eigenvalue weighted by Crippen LogP contribution is -2.30. The molecule has 0 unspecified atom stereocenters. The van der Waals surface area contributed by atoms with Crippen molar-refractivity contribution < 1.29 is 9.59 Å². The molecule has 1 aromatic carbocycles. The highest BCUT2D eigenvalue weighted by Gasteiger charge is 2.19. The van der Waals surface area contributed by atoms with Crippen LogP contribution < -0.4 is 10.6 Å². The highest BCUT2D eigenvalue weighted by atomic mass is 16.2. The van der Waals surface area contributed by atoms with Crippen LogP contribution in [0.4, 0.5) is 10.5 Å². The molecule has 0 aliphatic carbocycles. The molecular formula is C16H23N3O2. The molecule has 1 heterocycles. The summed E-state index contributed by atoms with van der Waals surface area (Å²) in [6, 6.07) is 5.21. The van der Waals surface area contributed by atoms with Crippen molar-refractivity contribution in [2.24, 2.45) is 0 Å². The molecular weight excluding hydrogens is 266 g/mol. The molecule has 1 aliphatic rings. The predicted octanol–water partition coefficient (Wildman–Crippen LogP) is 2.76. The van der Waals surface area contributed by atoms with E-state index in [2.05, 4.69) is 10.6 Å². The number of rotatable bonds is 4. The van der Waals surface area contributed by atoms with Gasteiger partial charge in [0, 0.05) is 30.9 Å². The monoisotopic (exact) mass is 289 g/mol. The van der Waals surface area contributed by atoms with Gasteiger partial charge < -0.3 is 15.5 Å². The summed E-state index contributed by atoms with van der Waals surface area (Å²) >= 11 is 0. The number of likely N-dealkylation sites (tertiary alicyclic amines) is 1. The first-order valence-electron chi connectivity index (χ1n) is 7.56. The molecule has 1 saturated heterocycles. The number of hydrogen-bond acceptors (Lipinski definition) is 2. The van der Waals surface area contributed by atoms with E-state index in [1.807, 2.05) is 24.8 Å². The number of carbonyl (C=O) groups is 2. The molecule has 21 heavy (non-hydrogen) atoms. The van der Waals surface area contributed by atoms with E-state index in [1.165, 1.54) is 0 Å². The van der Waals surface area contributed by atoms with Crippen LogP contribution in [-0.2, 0) is 0 Å². The van der Waals surface area contributed by atoms with Gasteiger partial charge in [-0.25, -0.2) is 4.79 Å². The number of carbonyl (C=O) groups excluding carboxylic acids is 2. The molecule has 1 aromatic rings. The lowest BCUT2D eigenvalue weighted by molar-refractivity contribution is 0.0792. The topological polar surface area (TPSA) is 61.4 Å². The van der Waals surface area contributed by atoms with Gasteiger partial charge in [-0.2, -0.15) is 0 Å². The molecule has 2 rings (SSSR count). The lowest BCUT2D eigenvalue weighted by Gasteiger charge is -2.16. The highest BCUT2D eigenvalue weighted by molar-refractivity contribution is 5.96. The second-order valence-electron chi connectivity index (χ2n) is 5.41. The Morgan fingerprint density at radius 1 is 1.24 bits per heavy atom. The van der Waals surface area contributed by atoms with Crippen LogP contribution in [0.25, 0.3) is 0 Å². The Labute approximate surface area is 125 Å². The standard InChI is InChI=1S/C16H23N3O2/c1-3-8-17-16(21)18-14-7-6-13(11-12(14)2)15(20)19-9-4-5-10-19/h6-7,11H,3-5,8-10H2,1-2H3,(H2,17,18,21). The second-order valence-corrected chi connectivity index (χ2v) is 5.41. The Morgan fingerprint density at radius 2 is 1.95 bits per heavy atom. The zero-order valence-corrected chi connectivity index (χ0v) is 12.7. The van der Waals surface area contributed by atoms with Gasteiger partial charge in [-0.1, -0.05) is 6.92 Å². The third-order valence-electron chi connectivity index (χ3n) is 3.65. The fraction of sp³-hybridized carbons (Fsp3) is 0.500. The average Bonchev–Trinajstić information content (AvgIpc) is 3.00. The van der Waals surface area contributed by atoms with E-state index in [0.717, 1.165) is 43.6 Å². The number of hydrogen-bond donors (Lipinski definition) is 2. The normalized spacial score (nSPS) is 14.1. The number of benzene rings is 1. The first-order valence-corrected chi connectivity index (χ1v) is 7.56. The third-order valence-corrected chi connectivity index (χ3v) is 3.65. The van der Waals surface area contributed by atoms with Gasteiger partial charge in [-0.05, 0) is 49.9 Å². The van der Waals surface area contributed by atoms with Crippen LogP contribution in [0.3, 0.4) is 0 Å². The highest BCUT2D eigenvalue weighted by Crippen LogP contribution is 2.19. The first kappa shape index (κ1) is 15.4. The number of urea groups is 1. The Kier molecular flexibility index (Phi) is 5.20. The number of aryl methyl sites for hydroxylation is 1. The molecule has 5 heteroatoms. The van der Waals surface area contributed by atoms with Crippen LogP contribution in [0, 0.1) is 6.92 Å². The minimum Gasteiger partial charge on any atom is -0.339 e. The molecule has 0 atom stereocenters. The summed E-state index contributed by atoms with van der Waals surface area (Å²) in [7, 11) is 0. The zero-order chi connectivity index (χ0) is 15.2. The molecule has 1 aliphatic heterocycles. The number of nitrogens with zero attached hydrogens (tertiary/aromatic N) is 1. The van der Waals surface area contributed by atoms with Crippen LogP contribution >= 0.6 is 0 Å². The summed E-state index contributed by atoms with van der Waals surface area (Å²) in [4.78, 5) is 25.8. The van der Waals surface area contributed by atoms with Crippen LogP contribution in [0.5, 0.6) is 0 Å². The van der Waals surface area contributed by atoms with Crippen molar-refractivity contribution in [3.8, 4) is 0 Å². The molecule has 1 fully saturated rings. The summed E-state index contributed by atoms with van der Waals surface area (Å²) in [6.45, 7) is 6.24. The summed E-state index contributed by atoms with van der Waals surface area (Å²) in [6.07, 6.45) is 3.07. The molecule has 0 spiro atoms. The minimum absolute atomic E-state index is 0.0811. The van der Waals surface area contributed by atoms with E-state index >= 15 is 0 Å². The molecule has 2 N–H and O–H groups in total. The zero-order valence-electron chi connectivity index (χ0n) is 12.7. The van der Waals surface area contributed by atoms with Crippen molar-refractivity contribution in [2.45, 2.75) is 33.1 Å². The summed E-state index contributed by atoms with van der Waals surface area (Å²) in [5.41, 5.74) is 2.32. The van der Waals surface area contributed by atoms with Crippen molar-refractivity contribution in [3.63, 3.8) is 0 Å². The maximum Gasteiger partial charge on any atom is 0.319 e. The molecule has 0 bridgehead atoms. The van der Waals surface area contributed by atoms with E-state index in [4.69, 9.17) is 0 Å². The fourth-order valence-corrected chi connectivity index (χ4v) is 2.44. The minimum atomic E-state index is -0.210. The van der Waals surface area contributed by atoms with Gasteiger partial charge in [-0.15, -0.1) is 0 Å². The molecule has 0 saturated carbocycles. The SMILES string of the molecule is CCCNC(=O)Nc1ccc(C(=O)N2CCCC2)cc1C. The summed E-state index contributed by atoms with van der Waals surface area (Å²) in [5.74, 6) is 0.0811. The summed E-state index contributed by atoms with van der Waals surface area (Å²) in [5, 5.41) is 5.57. The molecule has 3 amide bonds. The maximum atomic E-state index is 12.3. The van der Waals surface area contributed by atoms with Gasteiger partial charge in [0.25, 0.3) is 5.91 Å². The van der Waals surface area contributed by atoms with Crippen molar-refractivity contribution in [2.75, 3.05) is 25.0 Å². The fourth-order valence-electron chi connectivity index (χ4n) is 2.44. The molecule has 114 valence electrons. The molecule has 0 radical (unpaired) electrons. The van der Waals surface area contributed by atoms with Crippen LogP contribution in [0.1, 0.15) is 42.1 Å². The van der Waals surface area contributed by atoms with E-state index in [1.54, 1.807) is 12.1 Å². The average molecular weight is 289 g/mol. The van der Waals surface area contributed by atoms with Crippen LogP contribution in [0.15, 0.2) is 18.2 Å². The third kappa shape index (κ3) is 3.97. The van der Waals surface area contributed by atoms with Gasteiger partial charge >= 0.3 is 6.03 Å². The Hall–Kier alpha value is -2.04. The first-order chi connectivity index (χ1) is 10.1. The largest absolute Gasteiger partial charge is 0.339 e. The van der Waals surface area contributed by atoms with Gasteiger partial charge in [0.15, 0.2) is 0 Å². The predicted molar refractivity (Wildman–Crippen MR) is 83.6 cm³/mol. The Balaban J connectivity index is 2.03. The molecule has 0 aromatic heterocycles. The lowest BCUT2D eigenvalue weighted by atomic mass is 10.1. The second kappa shape index (κ2) is 7.11. The Morgan fingerprint density at radius 3 is 2.57 bits per heavy atom. The number of nitrogens with one attached hydrogen (secondary N) is 2. The van der Waals surface area contributed by atoms with Crippen LogP contribution in [0.2, 0.25) is 0 Å². The molecule has 5 nitrogen and oxygen atoms in total. The van der Waals surface area contributed by atoms with Crippen molar-refractivity contribution in [1.82, 2.24) is 10.2 Å². The van der Waals surface area contributed by atoms with Crippen molar-refractivity contribution in [1.29, 1.82) is 0 Å². The summed E-state index contributed by atoms with van der Waals surface area (Å²) < 4.78 is 0. The maximum absolute atomic E-state index is 12.3. The van der Waals surface area contributed by atoms with Gasteiger partial charge in [0.1, 0.15) is 0 Å². The van der Waals surface area contributed by atoms with Crippen LogP contribution in [-0.4, -0.2) is 36.5 Å². The van der Waals surface area contributed by atoms with Gasteiger partial charge in [-0.3, -0.25) is 4.79 Å². The van der Waals surface area contributed by atoms with Crippen molar-refractivity contribution in [3.05, 3.63) is 29.3 Å². The van der Waals surface area contributed by atoms with E-state index < -0.39 is 0 Å². The van der Waals surface area contributed by atoms with Gasteiger partial charge in [0.05, 0.1) is 0 Å². The number of amides is 3. The Bertz CT molecular complexity index is 522. The van der Waals surface area contributed by atoms with E-state index in [-0.39, 0.29) is 11.9 Å². The van der Waals surface area contributed by atoms with E-state index in [9.17, 15) is 9.59 Å². The van der Waals surface area contributed by atoms with E-state index in [0.29, 0.717) is 12.1 Å². The van der Waals surface area contributed by atoms with Crippen molar-refractivity contribution >= 4 is 17.6 Å². The quantitative estimate of drug-likeness (QED) is 0.895.